The van der Waals surface area contributed by atoms with Gasteiger partial charge < -0.3 is 9.80 Å². The molecule has 2 saturated heterocycles. The number of amides is 2. The summed E-state index contributed by atoms with van der Waals surface area (Å²) in [6, 6.07) is 1.72. The molecule has 28 heavy (non-hydrogen) atoms. The van der Waals surface area contributed by atoms with Crippen LogP contribution in [0.3, 0.4) is 0 Å². The number of hydrogen-bond acceptors (Lipinski definition) is 6. The number of hydrogen-bond donors (Lipinski definition) is 0. The summed E-state index contributed by atoms with van der Waals surface area (Å²) < 4.78 is 1.29. The summed E-state index contributed by atoms with van der Waals surface area (Å²) in [6.07, 6.45) is 9.60. The summed E-state index contributed by atoms with van der Waals surface area (Å²) in [7, 11) is 0. The van der Waals surface area contributed by atoms with Crippen LogP contribution in [-0.4, -0.2) is 85.7 Å². The van der Waals surface area contributed by atoms with Crippen LogP contribution < -0.4 is 0 Å². The Hall–Kier alpha value is -2.81. The molecule has 2 aromatic heterocycles. The molecule has 4 heterocycles. The zero-order chi connectivity index (χ0) is 19.3. The number of rotatable bonds is 3. The van der Waals surface area contributed by atoms with E-state index in [1.54, 1.807) is 23.6 Å². The molecule has 4 rings (SSSR count). The molecule has 9 nitrogen and oxygen atoms in total. The van der Waals surface area contributed by atoms with E-state index in [1.807, 2.05) is 11.0 Å². The third-order valence-electron chi connectivity index (χ3n) is 5.34. The van der Waals surface area contributed by atoms with Crippen LogP contribution in [0.1, 0.15) is 35.3 Å². The lowest BCUT2D eigenvalue weighted by molar-refractivity contribution is 0.0724. The maximum atomic E-state index is 12.7. The minimum Gasteiger partial charge on any atom is -0.339 e. The molecule has 2 aliphatic rings. The standard InChI is InChI=1S/C19H25N7O2/c27-18(24-6-2-1-3-7-24)16-12-22-26(13-16)19(28)25-10-8-23(9-11-25)14-17-4-5-20-15-21-17/h4-5,12-13,15H,1-3,6-11,14H2. The molecule has 0 spiro atoms. The van der Waals surface area contributed by atoms with Crippen molar-refractivity contribution in [1.82, 2.24) is 34.4 Å². The van der Waals surface area contributed by atoms with Gasteiger partial charge in [0.2, 0.25) is 0 Å². The Balaban J connectivity index is 1.32. The second-order valence-electron chi connectivity index (χ2n) is 7.27. The molecule has 0 saturated carbocycles. The summed E-state index contributed by atoms with van der Waals surface area (Å²) in [4.78, 5) is 39.4. The van der Waals surface area contributed by atoms with E-state index >= 15 is 0 Å². The average molecular weight is 383 g/mol. The first kappa shape index (κ1) is 18.5. The number of nitrogens with zero attached hydrogens (tertiary/aromatic N) is 7. The van der Waals surface area contributed by atoms with Gasteiger partial charge in [-0.1, -0.05) is 0 Å². The van der Waals surface area contributed by atoms with Gasteiger partial charge in [0.05, 0.1) is 17.5 Å². The van der Waals surface area contributed by atoms with Crippen LogP contribution in [0, 0.1) is 0 Å². The van der Waals surface area contributed by atoms with E-state index in [0.29, 0.717) is 18.7 Å². The Bertz CT molecular complexity index is 809. The van der Waals surface area contributed by atoms with Gasteiger partial charge in [0.15, 0.2) is 0 Å². The molecule has 0 aromatic carbocycles. The third-order valence-corrected chi connectivity index (χ3v) is 5.34. The average Bonchev–Trinajstić information content (AvgIpc) is 3.25. The Morgan fingerprint density at radius 3 is 2.46 bits per heavy atom. The van der Waals surface area contributed by atoms with Crippen LogP contribution in [0.5, 0.6) is 0 Å². The molecule has 0 aliphatic carbocycles. The van der Waals surface area contributed by atoms with E-state index in [0.717, 1.165) is 51.3 Å². The van der Waals surface area contributed by atoms with Crippen molar-refractivity contribution in [2.75, 3.05) is 39.3 Å². The zero-order valence-corrected chi connectivity index (χ0v) is 15.9. The topological polar surface area (TPSA) is 87.5 Å². The van der Waals surface area contributed by atoms with Crippen molar-refractivity contribution in [3.05, 3.63) is 42.2 Å². The minimum atomic E-state index is -0.181. The molecule has 2 aliphatic heterocycles. The van der Waals surface area contributed by atoms with E-state index in [1.165, 1.54) is 17.3 Å². The summed E-state index contributed by atoms with van der Waals surface area (Å²) >= 11 is 0. The van der Waals surface area contributed by atoms with Crippen molar-refractivity contribution in [3.63, 3.8) is 0 Å². The van der Waals surface area contributed by atoms with Crippen LogP contribution in [-0.2, 0) is 6.54 Å². The lowest BCUT2D eigenvalue weighted by atomic mass is 10.1. The Kier molecular flexibility index (Phi) is 5.61. The van der Waals surface area contributed by atoms with Crippen LogP contribution >= 0.6 is 0 Å². The van der Waals surface area contributed by atoms with Gasteiger partial charge in [0.25, 0.3) is 5.91 Å². The summed E-state index contributed by atoms with van der Waals surface area (Å²) in [5.74, 6) is -0.0339. The van der Waals surface area contributed by atoms with Gasteiger partial charge in [-0.3, -0.25) is 9.69 Å². The lowest BCUT2D eigenvalue weighted by Crippen LogP contribution is -2.49. The van der Waals surface area contributed by atoms with Crippen molar-refractivity contribution in [1.29, 1.82) is 0 Å². The molecule has 0 N–H and O–H groups in total. The van der Waals surface area contributed by atoms with Crippen LogP contribution in [0.4, 0.5) is 4.79 Å². The number of likely N-dealkylation sites (tertiary alicyclic amines) is 1. The predicted octanol–water partition coefficient (Wildman–Crippen LogP) is 1.09. The van der Waals surface area contributed by atoms with Crippen molar-refractivity contribution >= 4 is 11.9 Å². The van der Waals surface area contributed by atoms with Crippen molar-refractivity contribution in [3.8, 4) is 0 Å². The van der Waals surface area contributed by atoms with Gasteiger partial charge in [0.1, 0.15) is 6.33 Å². The minimum absolute atomic E-state index is 0.0339. The van der Waals surface area contributed by atoms with Crippen LogP contribution in [0.25, 0.3) is 0 Å². The lowest BCUT2D eigenvalue weighted by Gasteiger charge is -2.34. The maximum Gasteiger partial charge on any atom is 0.344 e. The first-order chi connectivity index (χ1) is 13.7. The fourth-order valence-electron chi connectivity index (χ4n) is 3.70. The van der Waals surface area contributed by atoms with E-state index in [-0.39, 0.29) is 11.9 Å². The van der Waals surface area contributed by atoms with Gasteiger partial charge in [0, 0.05) is 58.2 Å². The second kappa shape index (κ2) is 8.47. The Labute approximate surface area is 164 Å². The SMILES string of the molecule is O=C(c1cnn(C(=O)N2CCN(Cc3ccncn3)CC2)c1)N1CCCCC1. The largest absolute Gasteiger partial charge is 0.344 e. The molecule has 2 amide bonds. The van der Waals surface area contributed by atoms with E-state index in [9.17, 15) is 9.59 Å². The van der Waals surface area contributed by atoms with Crippen molar-refractivity contribution < 1.29 is 9.59 Å². The van der Waals surface area contributed by atoms with Crippen LogP contribution in [0.15, 0.2) is 31.0 Å². The van der Waals surface area contributed by atoms with Crippen molar-refractivity contribution in [2.24, 2.45) is 0 Å². The highest BCUT2D eigenvalue weighted by Gasteiger charge is 2.25. The molecular formula is C19H25N7O2. The van der Waals surface area contributed by atoms with E-state index in [4.69, 9.17) is 0 Å². The summed E-state index contributed by atoms with van der Waals surface area (Å²) in [5.41, 5.74) is 1.46. The van der Waals surface area contributed by atoms with Gasteiger partial charge in [-0.2, -0.15) is 9.78 Å². The Morgan fingerprint density at radius 1 is 0.964 bits per heavy atom. The highest BCUT2D eigenvalue weighted by Crippen LogP contribution is 2.13. The highest BCUT2D eigenvalue weighted by atomic mass is 16.2. The molecule has 0 unspecified atom stereocenters. The summed E-state index contributed by atoms with van der Waals surface area (Å²) in [6.45, 7) is 5.12. The number of carbonyl (C=O) groups is 2. The monoisotopic (exact) mass is 383 g/mol. The molecule has 0 bridgehead atoms. The van der Waals surface area contributed by atoms with Gasteiger partial charge >= 0.3 is 6.03 Å². The Morgan fingerprint density at radius 2 is 1.75 bits per heavy atom. The van der Waals surface area contributed by atoms with Gasteiger partial charge in [-0.05, 0) is 25.3 Å². The first-order valence-electron chi connectivity index (χ1n) is 9.81. The molecule has 9 heteroatoms. The molecule has 0 radical (unpaired) electrons. The fourth-order valence-corrected chi connectivity index (χ4v) is 3.70. The molecule has 0 atom stereocenters. The maximum absolute atomic E-state index is 12.7. The van der Waals surface area contributed by atoms with Gasteiger partial charge in [-0.25, -0.2) is 14.8 Å². The number of carbonyl (C=O) groups excluding carboxylic acids is 2. The van der Waals surface area contributed by atoms with Crippen molar-refractivity contribution in [2.45, 2.75) is 25.8 Å². The predicted molar refractivity (Wildman–Crippen MR) is 102 cm³/mol. The fraction of sp³-hybridized carbons (Fsp3) is 0.526. The van der Waals surface area contributed by atoms with Gasteiger partial charge in [-0.15, -0.1) is 0 Å². The van der Waals surface area contributed by atoms with E-state index < -0.39 is 0 Å². The zero-order valence-electron chi connectivity index (χ0n) is 15.9. The molecule has 2 fully saturated rings. The molecular weight excluding hydrogens is 358 g/mol. The number of piperazine rings is 1. The highest BCUT2D eigenvalue weighted by molar-refractivity contribution is 5.94. The van der Waals surface area contributed by atoms with Crippen LogP contribution in [0.2, 0.25) is 0 Å². The summed E-state index contributed by atoms with van der Waals surface area (Å²) in [5, 5.41) is 4.14. The normalized spacial score (nSPS) is 18.3. The second-order valence-corrected chi connectivity index (χ2v) is 7.27. The number of piperidine rings is 1. The van der Waals surface area contributed by atoms with E-state index in [2.05, 4.69) is 20.0 Å². The molecule has 2 aromatic rings. The number of aromatic nitrogens is 4. The smallest absolute Gasteiger partial charge is 0.339 e. The quantitative estimate of drug-likeness (QED) is 0.788. The third kappa shape index (κ3) is 4.19. The molecule has 148 valence electrons. The first-order valence-corrected chi connectivity index (χ1v) is 9.81.